The molecule has 15 heteroatoms. The molecule has 1 aromatic heterocycles. The lowest BCUT2D eigenvalue weighted by Gasteiger charge is -2.21. The lowest BCUT2D eigenvalue weighted by atomic mass is 9.95. The summed E-state index contributed by atoms with van der Waals surface area (Å²) in [5.74, 6) is -5.18. The summed E-state index contributed by atoms with van der Waals surface area (Å²) in [5, 5.41) is 16.2. The maximum absolute atomic E-state index is 12.6. The molecule has 0 aliphatic heterocycles. The van der Waals surface area contributed by atoms with Crippen molar-refractivity contribution in [3.05, 3.63) is 86.6 Å². The average molecular weight is 638 g/mol. The highest BCUT2D eigenvalue weighted by Gasteiger charge is 2.38. The molecule has 0 radical (unpaired) electrons. The van der Waals surface area contributed by atoms with Gasteiger partial charge in [-0.3, -0.25) is 19.3 Å². The number of nitrogens with zero attached hydrogens (tertiary/aromatic N) is 1. The summed E-state index contributed by atoms with van der Waals surface area (Å²) < 4.78 is 36.4. The van der Waals surface area contributed by atoms with E-state index in [9.17, 15) is 32.3 Å². The summed E-state index contributed by atoms with van der Waals surface area (Å²) in [6.07, 6.45) is -1.17. The molecule has 236 valence electrons. The predicted molar refractivity (Wildman–Crippen MR) is 155 cm³/mol. The van der Waals surface area contributed by atoms with Crippen LogP contribution in [0.4, 0.5) is 18.9 Å². The molecule has 1 aliphatic rings. The van der Waals surface area contributed by atoms with Crippen LogP contribution in [0.25, 0.3) is 0 Å². The van der Waals surface area contributed by atoms with Gasteiger partial charge in [-0.15, -0.1) is 11.3 Å². The number of para-hydroxylation sites is 1. The van der Waals surface area contributed by atoms with Gasteiger partial charge in [0.2, 0.25) is 0 Å². The zero-order valence-corrected chi connectivity index (χ0v) is 24.2. The van der Waals surface area contributed by atoms with Crippen molar-refractivity contribution in [1.82, 2.24) is 0 Å². The second-order valence-electron chi connectivity index (χ2n) is 9.10. The number of ether oxygens (including phenoxy) is 1. The lowest BCUT2D eigenvalue weighted by molar-refractivity contribution is -0.192. The zero-order chi connectivity index (χ0) is 33.0. The second-order valence-corrected chi connectivity index (χ2v) is 10.2. The first-order valence-corrected chi connectivity index (χ1v) is 13.7. The Morgan fingerprint density at radius 1 is 0.977 bits per heavy atom. The fourth-order valence-electron chi connectivity index (χ4n) is 4.07. The summed E-state index contributed by atoms with van der Waals surface area (Å²) in [4.78, 5) is 58.1. The number of hydrogen-bond acceptors (Lipinski definition) is 8. The fraction of sp³-hybridized carbons (Fsp3) is 0.276. The first-order valence-electron chi connectivity index (χ1n) is 12.9. The summed E-state index contributed by atoms with van der Waals surface area (Å²) in [7, 11) is 1.32. The van der Waals surface area contributed by atoms with Gasteiger partial charge in [-0.25, -0.2) is 9.59 Å². The number of aliphatic carboxylic acids is 2. The number of esters is 1. The van der Waals surface area contributed by atoms with E-state index in [0.29, 0.717) is 28.2 Å². The number of fused-ring (bicyclic) bond motifs is 1. The number of carbonyl (C=O) groups excluding carboxylic acids is 3. The highest BCUT2D eigenvalue weighted by Crippen LogP contribution is 2.34. The molecule has 4 rings (SSSR count). The number of hydrogen-bond donors (Lipinski definition) is 4. The minimum absolute atomic E-state index is 0.325. The first-order chi connectivity index (χ1) is 20.7. The number of thiophene rings is 1. The second kappa shape index (κ2) is 16.2. The summed E-state index contributed by atoms with van der Waals surface area (Å²) in [5.41, 5.74) is 14.0. The van der Waals surface area contributed by atoms with E-state index < -0.39 is 36.5 Å². The summed E-state index contributed by atoms with van der Waals surface area (Å²) in [6, 6.07) is 15.6. The van der Waals surface area contributed by atoms with Crippen LogP contribution in [0.5, 0.6) is 0 Å². The van der Waals surface area contributed by atoms with E-state index in [1.54, 1.807) is 42.5 Å². The normalized spacial score (nSPS) is 11.8. The number of methoxy groups -OCH3 is 1. The van der Waals surface area contributed by atoms with E-state index in [1.165, 1.54) is 23.3 Å². The SMILES string of the molecule is COC(=O)c1c(C(N)=O)sc2c1CCCC2.NCc1cccc(C(=O)N(CC(=O)O)c2ccccc2)c1.O=C(O)C(F)(F)F. The fourth-order valence-corrected chi connectivity index (χ4v) is 5.30. The third-order valence-electron chi connectivity index (χ3n) is 6.04. The average Bonchev–Trinajstić information content (AvgIpc) is 3.40. The van der Waals surface area contributed by atoms with Crippen LogP contribution in [-0.2, 0) is 33.7 Å². The molecule has 2 amide bonds. The number of halogens is 3. The molecule has 2 aromatic carbocycles. The van der Waals surface area contributed by atoms with Crippen molar-refractivity contribution in [3.63, 3.8) is 0 Å². The number of amides is 2. The lowest BCUT2D eigenvalue weighted by Crippen LogP contribution is -2.35. The van der Waals surface area contributed by atoms with Gasteiger partial charge in [-0.1, -0.05) is 30.3 Å². The van der Waals surface area contributed by atoms with E-state index in [1.807, 2.05) is 12.1 Å². The molecule has 0 spiro atoms. The molecule has 44 heavy (non-hydrogen) atoms. The van der Waals surface area contributed by atoms with Crippen molar-refractivity contribution in [2.75, 3.05) is 18.6 Å². The highest BCUT2D eigenvalue weighted by molar-refractivity contribution is 7.14. The van der Waals surface area contributed by atoms with Gasteiger partial charge >= 0.3 is 24.1 Å². The molecular formula is C29H30F3N3O8S. The first kappa shape index (κ1) is 35.4. The molecule has 0 bridgehead atoms. The monoisotopic (exact) mass is 637 g/mol. The number of aryl methyl sites for hydroxylation is 1. The van der Waals surface area contributed by atoms with Crippen LogP contribution in [0.2, 0.25) is 0 Å². The molecule has 0 saturated heterocycles. The number of rotatable bonds is 7. The van der Waals surface area contributed by atoms with Crippen LogP contribution in [0, 0.1) is 0 Å². The van der Waals surface area contributed by atoms with Gasteiger partial charge in [-0.05, 0) is 61.1 Å². The largest absolute Gasteiger partial charge is 0.490 e. The van der Waals surface area contributed by atoms with Gasteiger partial charge in [-0.2, -0.15) is 13.2 Å². The number of carboxylic acids is 2. The van der Waals surface area contributed by atoms with E-state index >= 15 is 0 Å². The topological polar surface area (TPSA) is 190 Å². The van der Waals surface area contributed by atoms with Crippen molar-refractivity contribution in [2.45, 2.75) is 38.4 Å². The molecular weight excluding hydrogens is 607 g/mol. The van der Waals surface area contributed by atoms with Crippen LogP contribution < -0.4 is 16.4 Å². The minimum atomic E-state index is -5.08. The Labute approximate surface area is 253 Å². The number of alkyl halides is 3. The molecule has 3 aromatic rings. The number of nitrogens with two attached hydrogens (primary N) is 2. The van der Waals surface area contributed by atoms with Crippen LogP contribution in [0.15, 0.2) is 54.6 Å². The van der Waals surface area contributed by atoms with Gasteiger partial charge in [0.05, 0.1) is 12.7 Å². The molecule has 6 N–H and O–H groups in total. The molecule has 1 aliphatic carbocycles. The Kier molecular flexibility index (Phi) is 13.0. The molecule has 0 saturated carbocycles. The Balaban J connectivity index is 0.000000259. The Morgan fingerprint density at radius 2 is 1.59 bits per heavy atom. The van der Waals surface area contributed by atoms with Gasteiger partial charge in [0.1, 0.15) is 11.4 Å². The van der Waals surface area contributed by atoms with Crippen molar-refractivity contribution in [3.8, 4) is 0 Å². The van der Waals surface area contributed by atoms with Crippen LogP contribution in [0.3, 0.4) is 0 Å². The molecule has 0 unspecified atom stereocenters. The van der Waals surface area contributed by atoms with Crippen molar-refractivity contribution < 1.29 is 52.1 Å². The number of primary amides is 1. The molecule has 0 fully saturated rings. The third-order valence-corrected chi connectivity index (χ3v) is 7.35. The molecule has 0 atom stereocenters. The zero-order valence-electron chi connectivity index (χ0n) is 23.4. The quantitative estimate of drug-likeness (QED) is 0.277. The number of benzene rings is 2. The highest BCUT2D eigenvalue weighted by atomic mass is 32.1. The van der Waals surface area contributed by atoms with Gasteiger partial charge in [0.25, 0.3) is 11.8 Å². The summed E-state index contributed by atoms with van der Waals surface area (Å²) in [6.45, 7) is -0.0684. The van der Waals surface area contributed by atoms with Crippen molar-refractivity contribution >= 4 is 46.7 Å². The maximum atomic E-state index is 12.6. The standard InChI is InChI=1S/C16H16N2O3.C11H13NO3S.C2HF3O2/c17-10-12-5-4-6-13(9-12)16(21)18(11-15(19)20)14-7-2-1-3-8-14;1-15-11(14)8-6-4-2-3-5-7(6)16-9(8)10(12)13;3-2(4,5)1(6)7/h1-9H,10-11,17H2,(H,19,20);2-5H2,1H3,(H2,12,13);(H,6,7). The van der Waals surface area contributed by atoms with Crippen LogP contribution in [-0.4, -0.2) is 59.8 Å². The van der Waals surface area contributed by atoms with E-state index in [4.69, 9.17) is 31.2 Å². The Morgan fingerprint density at radius 3 is 2.11 bits per heavy atom. The van der Waals surface area contributed by atoms with Crippen LogP contribution >= 0.6 is 11.3 Å². The van der Waals surface area contributed by atoms with Gasteiger partial charge in [0.15, 0.2) is 0 Å². The Hall–Kier alpha value is -4.76. The molecule has 11 nitrogen and oxygen atoms in total. The summed E-state index contributed by atoms with van der Waals surface area (Å²) >= 11 is 1.34. The third kappa shape index (κ3) is 9.91. The smallest absolute Gasteiger partial charge is 0.480 e. The maximum Gasteiger partial charge on any atom is 0.490 e. The number of carbonyl (C=O) groups is 5. The number of carboxylic acid groups (broad SMARTS) is 2. The van der Waals surface area contributed by atoms with Crippen molar-refractivity contribution in [2.24, 2.45) is 11.5 Å². The predicted octanol–water partition coefficient (Wildman–Crippen LogP) is 4.02. The molecule has 1 heterocycles. The van der Waals surface area contributed by atoms with Gasteiger partial charge < -0.3 is 26.4 Å². The van der Waals surface area contributed by atoms with Crippen LogP contribution in [0.1, 0.15) is 59.2 Å². The van der Waals surface area contributed by atoms with Gasteiger partial charge in [0, 0.05) is 22.7 Å². The van der Waals surface area contributed by atoms with E-state index in [-0.39, 0.29) is 5.91 Å². The number of anilines is 1. The minimum Gasteiger partial charge on any atom is -0.480 e. The van der Waals surface area contributed by atoms with Crippen molar-refractivity contribution in [1.29, 1.82) is 0 Å². The van der Waals surface area contributed by atoms with E-state index in [0.717, 1.165) is 41.7 Å². The Bertz CT molecular complexity index is 1490. The van der Waals surface area contributed by atoms with E-state index in [2.05, 4.69) is 0 Å².